The maximum absolute atomic E-state index is 12.6. The van der Waals surface area contributed by atoms with Crippen LogP contribution in [0.15, 0.2) is 41.5 Å². The Hall–Kier alpha value is -2.01. The molecule has 1 aromatic carbocycles. The minimum atomic E-state index is -1.16. The lowest BCUT2D eigenvalue weighted by molar-refractivity contribution is 0.337. The van der Waals surface area contributed by atoms with Gasteiger partial charge in [-0.2, -0.15) is 0 Å². The number of para-hydroxylation sites is 1. The molecule has 0 amide bonds. The van der Waals surface area contributed by atoms with Crippen LogP contribution in [0.4, 0.5) is 5.69 Å². The van der Waals surface area contributed by atoms with Crippen molar-refractivity contribution in [2.45, 2.75) is 26.0 Å². The molecule has 0 N–H and O–H groups in total. The smallest absolute Gasteiger partial charge is 0.125 e. The van der Waals surface area contributed by atoms with Gasteiger partial charge in [-0.25, -0.2) is 4.99 Å². The number of aliphatic imine (C=N–C) groups is 1. The van der Waals surface area contributed by atoms with Crippen LogP contribution in [0.5, 0.6) is 5.75 Å². The first-order valence-corrected chi connectivity index (χ1v) is 8.62. The summed E-state index contributed by atoms with van der Waals surface area (Å²) in [5.41, 5.74) is 3.83. The molecule has 0 saturated heterocycles. The van der Waals surface area contributed by atoms with Crippen molar-refractivity contribution < 1.29 is 8.95 Å². The molecule has 0 bridgehead atoms. The highest BCUT2D eigenvalue weighted by Gasteiger charge is 2.20. The lowest BCUT2D eigenvalue weighted by Gasteiger charge is -2.10. The van der Waals surface area contributed by atoms with E-state index in [4.69, 9.17) is 4.74 Å². The average molecular weight is 314 g/mol. The van der Waals surface area contributed by atoms with Gasteiger partial charge >= 0.3 is 0 Å². The monoisotopic (exact) mass is 314 g/mol. The summed E-state index contributed by atoms with van der Waals surface area (Å²) in [5.74, 6) is 1.18. The molecular weight excluding hydrogens is 296 g/mol. The van der Waals surface area contributed by atoms with E-state index in [1.54, 1.807) is 6.20 Å². The maximum Gasteiger partial charge on any atom is 0.125 e. The Morgan fingerprint density at radius 2 is 2.09 bits per heavy atom. The second kappa shape index (κ2) is 6.40. The SMILES string of the molecule is CCOc1ccnc(CS(=O)C2=Nc3ccccc3C2)c1C. The third-order valence-electron chi connectivity index (χ3n) is 3.67. The summed E-state index contributed by atoms with van der Waals surface area (Å²) in [5, 5.41) is 0.726. The van der Waals surface area contributed by atoms with Crippen molar-refractivity contribution >= 4 is 21.5 Å². The molecule has 22 heavy (non-hydrogen) atoms. The number of rotatable bonds is 4. The topological polar surface area (TPSA) is 51.5 Å². The Labute approximate surface area is 132 Å². The molecule has 1 aromatic heterocycles. The number of nitrogens with zero attached hydrogens (tertiary/aromatic N) is 2. The van der Waals surface area contributed by atoms with Gasteiger partial charge in [0, 0.05) is 18.2 Å². The largest absolute Gasteiger partial charge is 0.493 e. The van der Waals surface area contributed by atoms with E-state index in [9.17, 15) is 4.21 Å². The molecule has 1 aliphatic heterocycles. The molecule has 0 radical (unpaired) electrons. The minimum absolute atomic E-state index is 0.375. The van der Waals surface area contributed by atoms with E-state index in [0.717, 1.165) is 33.3 Å². The van der Waals surface area contributed by atoms with Crippen molar-refractivity contribution in [3.8, 4) is 5.75 Å². The van der Waals surface area contributed by atoms with Gasteiger partial charge in [0.1, 0.15) is 10.8 Å². The Kier molecular flexibility index (Phi) is 4.34. The fourth-order valence-corrected chi connectivity index (χ4v) is 3.68. The van der Waals surface area contributed by atoms with Gasteiger partial charge in [-0.05, 0) is 31.5 Å². The number of ether oxygens (including phenoxy) is 1. The average Bonchev–Trinajstić information content (AvgIpc) is 2.95. The lowest BCUT2D eigenvalue weighted by atomic mass is 10.2. The standard InChI is InChI=1S/C17H18N2O2S/c1-3-21-16-8-9-18-15(12(16)2)11-22(20)17-10-13-6-4-5-7-14(13)19-17/h4-9H,3,10-11H2,1-2H3. The second-order valence-corrected chi connectivity index (χ2v) is 6.57. The predicted octanol–water partition coefficient (Wildman–Crippen LogP) is 3.32. The third-order valence-corrected chi connectivity index (χ3v) is 4.96. The van der Waals surface area contributed by atoms with E-state index < -0.39 is 10.8 Å². The quantitative estimate of drug-likeness (QED) is 0.870. The van der Waals surface area contributed by atoms with Gasteiger partial charge < -0.3 is 4.74 Å². The minimum Gasteiger partial charge on any atom is -0.493 e. The van der Waals surface area contributed by atoms with Gasteiger partial charge in [0.15, 0.2) is 0 Å². The molecule has 0 spiro atoms. The highest BCUT2D eigenvalue weighted by molar-refractivity contribution is 8.00. The Bertz CT molecular complexity index is 756. The molecule has 114 valence electrons. The summed E-state index contributed by atoms with van der Waals surface area (Å²) >= 11 is 0. The van der Waals surface area contributed by atoms with E-state index >= 15 is 0 Å². The van der Waals surface area contributed by atoms with Crippen molar-refractivity contribution in [1.82, 2.24) is 4.98 Å². The summed E-state index contributed by atoms with van der Waals surface area (Å²) in [7, 11) is -1.16. The van der Waals surface area contributed by atoms with Crippen LogP contribution in [0.2, 0.25) is 0 Å². The molecule has 3 rings (SSSR count). The highest BCUT2D eigenvalue weighted by Crippen LogP contribution is 2.28. The number of hydrogen-bond acceptors (Lipinski definition) is 4. The summed E-state index contributed by atoms with van der Waals surface area (Å²) in [4.78, 5) is 8.85. The molecule has 2 aromatic rings. The van der Waals surface area contributed by atoms with Gasteiger partial charge in [-0.15, -0.1) is 0 Å². The molecule has 4 nitrogen and oxygen atoms in total. The van der Waals surface area contributed by atoms with Crippen LogP contribution in [-0.4, -0.2) is 20.8 Å². The van der Waals surface area contributed by atoms with Crippen LogP contribution >= 0.6 is 0 Å². The molecule has 1 aliphatic rings. The first-order valence-electron chi connectivity index (χ1n) is 7.30. The van der Waals surface area contributed by atoms with Crippen molar-refractivity contribution in [3.05, 3.63) is 53.3 Å². The van der Waals surface area contributed by atoms with Crippen molar-refractivity contribution in [2.75, 3.05) is 6.61 Å². The Balaban J connectivity index is 1.78. The summed E-state index contributed by atoms with van der Waals surface area (Å²) in [6.45, 7) is 4.51. The van der Waals surface area contributed by atoms with Crippen LogP contribution in [-0.2, 0) is 23.0 Å². The van der Waals surface area contributed by atoms with E-state index in [-0.39, 0.29) is 0 Å². The van der Waals surface area contributed by atoms with Gasteiger partial charge in [-0.1, -0.05) is 18.2 Å². The van der Waals surface area contributed by atoms with E-state index in [0.29, 0.717) is 18.8 Å². The van der Waals surface area contributed by atoms with Crippen LogP contribution in [0.25, 0.3) is 0 Å². The third kappa shape index (κ3) is 2.95. The van der Waals surface area contributed by atoms with Crippen LogP contribution in [0.1, 0.15) is 23.7 Å². The first kappa shape index (κ1) is 14.9. The molecule has 0 aliphatic carbocycles. The summed E-state index contributed by atoms with van der Waals surface area (Å²) < 4.78 is 18.2. The number of aromatic nitrogens is 1. The molecule has 1 unspecified atom stereocenters. The number of hydrogen-bond donors (Lipinski definition) is 0. The van der Waals surface area contributed by atoms with Crippen LogP contribution < -0.4 is 4.74 Å². The van der Waals surface area contributed by atoms with Crippen molar-refractivity contribution in [3.63, 3.8) is 0 Å². The van der Waals surface area contributed by atoms with E-state index in [1.807, 2.05) is 44.2 Å². The van der Waals surface area contributed by atoms with Gasteiger partial charge in [0.2, 0.25) is 0 Å². The zero-order valence-corrected chi connectivity index (χ0v) is 13.5. The number of pyridine rings is 1. The van der Waals surface area contributed by atoms with Gasteiger partial charge in [-0.3, -0.25) is 9.19 Å². The van der Waals surface area contributed by atoms with Crippen molar-refractivity contribution in [2.24, 2.45) is 4.99 Å². The summed E-state index contributed by atoms with van der Waals surface area (Å²) in [6, 6.07) is 9.76. The van der Waals surface area contributed by atoms with Crippen LogP contribution in [0, 0.1) is 6.92 Å². The lowest BCUT2D eigenvalue weighted by Crippen LogP contribution is -2.11. The molecule has 2 heterocycles. The maximum atomic E-state index is 12.6. The van der Waals surface area contributed by atoms with Gasteiger partial charge in [0.05, 0.1) is 34.5 Å². The zero-order chi connectivity index (χ0) is 15.5. The fraction of sp³-hybridized carbons (Fsp3) is 0.294. The first-order chi connectivity index (χ1) is 10.7. The fourth-order valence-electron chi connectivity index (χ4n) is 2.46. The van der Waals surface area contributed by atoms with Crippen molar-refractivity contribution in [1.29, 1.82) is 0 Å². The highest BCUT2D eigenvalue weighted by atomic mass is 32.2. The number of fused-ring (bicyclic) bond motifs is 1. The summed E-state index contributed by atoms with van der Waals surface area (Å²) in [6.07, 6.45) is 2.36. The Morgan fingerprint density at radius 3 is 2.86 bits per heavy atom. The molecule has 0 saturated carbocycles. The van der Waals surface area contributed by atoms with Crippen LogP contribution in [0.3, 0.4) is 0 Å². The number of benzene rings is 1. The van der Waals surface area contributed by atoms with E-state index in [2.05, 4.69) is 9.98 Å². The molecule has 1 atom stereocenters. The molecule has 5 heteroatoms. The predicted molar refractivity (Wildman–Crippen MR) is 89.2 cm³/mol. The Morgan fingerprint density at radius 1 is 1.27 bits per heavy atom. The van der Waals surface area contributed by atoms with E-state index in [1.165, 1.54) is 0 Å². The zero-order valence-electron chi connectivity index (χ0n) is 12.7. The second-order valence-electron chi connectivity index (χ2n) is 5.11. The molecule has 0 fully saturated rings. The molecular formula is C17H18N2O2S. The normalized spacial score (nSPS) is 14.4. The van der Waals surface area contributed by atoms with Gasteiger partial charge in [0.25, 0.3) is 0 Å².